The SMILES string of the molecule is COc1cccc(OC)c1C(=O)NCC(C)(C)CCCN. The molecule has 1 amide bonds. The number of ether oxygens (including phenoxy) is 2. The van der Waals surface area contributed by atoms with E-state index in [1.165, 1.54) is 14.2 Å². The maximum absolute atomic E-state index is 12.4. The molecule has 118 valence electrons. The quantitative estimate of drug-likeness (QED) is 0.771. The Morgan fingerprint density at radius 3 is 2.29 bits per heavy atom. The fourth-order valence-electron chi connectivity index (χ4n) is 2.15. The fourth-order valence-corrected chi connectivity index (χ4v) is 2.15. The first-order chi connectivity index (χ1) is 9.95. The molecule has 0 heterocycles. The first kappa shape index (κ1) is 17.3. The lowest BCUT2D eigenvalue weighted by atomic mass is 9.87. The van der Waals surface area contributed by atoms with Crippen molar-refractivity contribution < 1.29 is 14.3 Å². The van der Waals surface area contributed by atoms with Gasteiger partial charge in [0.1, 0.15) is 17.1 Å². The summed E-state index contributed by atoms with van der Waals surface area (Å²) in [6.07, 6.45) is 1.91. The van der Waals surface area contributed by atoms with Crippen molar-refractivity contribution in [3.05, 3.63) is 23.8 Å². The number of amides is 1. The Balaban J connectivity index is 2.80. The molecule has 0 saturated carbocycles. The van der Waals surface area contributed by atoms with E-state index in [-0.39, 0.29) is 11.3 Å². The third kappa shape index (κ3) is 4.93. The summed E-state index contributed by atoms with van der Waals surface area (Å²) in [5.41, 5.74) is 5.97. The second-order valence-electron chi connectivity index (χ2n) is 5.78. The third-order valence-electron chi connectivity index (χ3n) is 3.44. The lowest BCUT2D eigenvalue weighted by Gasteiger charge is -2.25. The molecule has 0 unspecified atom stereocenters. The maximum atomic E-state index is 12.4. The summed E-state index contributed by atoms with van der Waals surface area (Å²) in [5, 5.41) is 2.96. The van der Waals surface area contributed by atoms with Crippen molar-refractivity contribution in [2.45, 2.75) is 26.7 Å². The molecule has 3 N–H and O–H groups in total. The van der Waals surface area contributed by atoms with Crippen LogP contribution in [0.3, 0.4) is 0 Å². The van der Waals surface area contributed by atoms with Crippen LogP contribution in [0.5, 0.6) is 11.5 Å². The Bertz CT molecular complexity index is 450. The van der Waals surface area contributed by atoms with Crippen LogP contribution < -0.4 is 20.5 Å². The van der Waals surface area contributed by atoms with Crippen molar-refractivity contribution in [2.75, 3.05) is 27.3 Å². The van der Waals surface area contributed by atoms with Gasteiger partial charge in [0.25, 0.3) is 5.91 Å². The molecule has 5 nitrogen and oxygen atoms in total. The summed E-state index contributed by atoms with van der Waals surface area (Å²) in [6, 6.07) is 5.29. The number of methoxy groups -OCH3 is 2. The largest absolute Gasteiger partial charge is 0.496 e. The summed E-state index contributed by atoms with van der Waals surface area (Å²) < 4.78 is 10.5. The van der Waals surface area contributed by atoms with Crippen LogP contribution in [0.25, 0.3) is 0 Å². The number of nitrogens with one attached hydrogen (secondary N) is 1. The highest BCUT2D eigenvalue weighted by Crippen LogP contribution is 2.28. The first-order valence-electron chi connectivity index (χ1n) is 7.14. The fraction of sp³-hybridized carbons (Fsp3) is 0.562. The van der Waals surface area contributed by atoms with Crippen LogP contribution in [-0.4, -0.2) is 33.2 Å². The van der Waals surface area contributed by atoms with Crippen LogP contribution in [0.2, 0.25) is 0 Å². The Hall–Kier alpha value is -1.75. The van der Waals surface area contributed by atoms with E-state index < -0.39 is 0 Å². The molecule has 0 saturated heterocycles. The molecule has 21 heavy (non-hydrogen) atoms. The van der Waals surface area contributed by atoms with Crippen molar-refractivity contribution in [1.82, 2.24) is 5.32 Å². The summed E-state index contributed by atoms with van der Waals surface area (Å²) in [6.45, 7) is 5.47. The van der Waals surface area contributed by atoms with E-state index in [0.29, 0.717) is 30.2 Å². The Labute approximate surface area is 126 Å². The third-order valence-corrected chi connectivity index (χ3v) is 3.44. The van der Waals surface area contributed by atoms with Crippen LogP contribution in [-0.2, 0) is 0 Å². The van der Waals surface area contributed by atoms with E-state index in [1.54, 1.807) is 18.2 Å². The average molecular weight is 294 g/mol. The zero-order valence-corrected chi connectivity index (χ0v) is 13.4. The van der Waals surface area contributed by atoms with E-state index in [2.05, 4.69) is 19.2 Å². The molecule has 0 atom stereocenters. The zero-order chi connectivity index (χ0) is 15.9. The normalized spacial score (nSPS) is 11.1. The number of hydrogen-bond donors (Lipinski definition) is 2. The van der Waals surface area contributed by atoms with Gasteiger partial charge in [0, 0.05) is 6.54 Å². The molecular formula is C16H26N2O3. The molecule has 0 aliphatic heterocycles. The van der Waals surface area contributed by atoms with Crippen LogP contribution >= 0.6 is 0 Å². The van der Waals surface area contributed by atoms with Gasteiger partial charge in [0.05, 0.1) is 14.2 Å². The van der Waals surface area contributed by atoms with E-state index in [9.17, 15) is 4.79 Å². The maximum Gasteiger partial charge on any atom is 0.258 e. The molecule has 1 aromatic carbocycles. The van der Waals surface area contributed by atoms with Gasteiger partial charge in [-0.3, -0.25) is 4.79 Å². The van der Waals surface area contributed by atoms with Gasteiger partial charge in [-0.15, -0.1) is 0 Å². The minimum Gasteiger partial charge on any atom is -0.496 e. The Morgan fingerprint density at radius 2 is 1.81 bits per heavy atom. The minimum atomic E-state index is -0.190. The van der Waals surface area contributed by atoms with E-state index in [1.807, 2.05) is 0 Å². The van der Waals surface area contributed by atoms with Crippen molar-refractivity contribution in [3.8, 4) is 11.5 Å². The lowest BCUT2D eigenvalue weighted by Crippen LogP contribution is -2.34. The molecule has 0 bridgehead atoms. The van der Waals surface area contributed by atoms with Gasteiger partial charge < -0.3 is 20.5 Å². The molecule has 0 spiro atoms. The van der Waals surface area contributed by atoms with Crippen molar-refractivity contribution in [2.24, 2.45) is 11.1 Å². The smallest absolute Gasteiger partial charge is 0.258 e. The van der Waals surface area contributed by atoms with E-state index in [0.717, 1.165) is 12.8 Å². The second-order valence-corrected chi connectivity index (χ2v) is 5.78. The Kier molecular flexibility index (Phi) is 6.49. The van der Waals surface area contributed by atoms with Gasteiger partial charge in [0.15, 0.2) is 0 Å². The number of carbonyl (C=O) groups is 1. The lowest BCUT2D eigenvalue weighted by molar-refractivity contribution is 0.0928. The molecule has 0 fully saturated rings. The number of benzene rings is 1. The number of hydrogen-bond acceptors (Lipinski definition) is 4. The standard InChI is InChI=1S/C16H26N2O3/c1-16(2,9-6-10-17)11-18-15(19)14-12(20-3)7-5-8-13(14)21-4/h5,7-8H,6,9-11,17H2,1-4H3,(H,18,19). The highest BCUT2D eigenvalue weighted by Gasteiger charge is 2.22. The molecule has 0 aromatic heterocycles. The molecule has 1 rings (SSSR count). The van der Waals surface area contributed by atoms with E-state index in [4.69, 9.17) is 15.2 Å². The first-order valence-corrected chi connectivity index (χ1v) is 7.14. The summed E-state index contributed by atoms with van der Waals surface area (Å²) >= 11 is 0. The van der Waals surface area contributed by atoms with Crippen molar-refractivity contribution >= 4 is 5.91 Å². The van der Waals surface area contributed by atoms with Crippen LogP contribution in [0.1, 0.15) is 37.0 Å². The van der Waals surface area contributed by atoms with Crippen molar-refractivity contribution in [3.63, 3.8) is 0 Å². The molecule has 0 aliphatic rings. The van der Waals surface area contributed by atoms with E-state index >= 15 is 0 Å². The minimum absolute atomic E-state index is 0.00425. The monoisotopic (exact) mass is 294 g/mol. The molecule has 0 radical (unpaired) electrons. The summed E-state index contributed by atoms with van der Waals surface area (Å²) in [7, 11) is 3.08. The molecule has 0 aliphatic carbocycles. The second kappa shape index (κ2) is 7.88. The van der Waals surface area contributed by atoms with Crippen molar-refractivity contribution in [1.29, 1.82) is 0 Å². The topological polar surface area (TPSA) is 73.6 Å². The predicted molar refractivity (Wildman–Crippen MR) is 83.9 cm³/mol. The van der Waals surface area contributed by atoms with Gasteiger partial charge in [-0.25, -0.2) is 0 Å². The average Bonchev–Trinajstić information content (AvgIpc) is 2.49. The van der Waals surface area contributed by atoms with Crippen LogP contribution in [0.4, 0.5) is 0 Å². The van der Waals surface area contributed by atoms with Crippen LogP contribution in [0.15, 0.2) is 18.2 Å². The van der Waals surface area contributed by atoms with Crippen LogP contribution in [0, 0.1) is 5.41 Å². The molecular weight excluding hydrogens is 268 g/mol. The zero-order valence-electron chi connectivity index (χ0n) is 13.4. The number of nitrogens with two attached hydrogens (primary N) is 1. The van der Waals surface area contributed by atoms with Gasteiger partial charge in [0.2, 0.25) is 0 Å². The molecule has 1 aromatic rings. The highest BCUT2D eigenvalue weighted by molar-refractivity contribution is 5.99. The van der Waals surface area contributed by atoms with Gasteiger partial charge in [-0.05, 0) is 36.9 Å². The van der Waals surface area contributed by atoms with Gasteiger partial charge >= 0.3 is 0 Å². The van der Waals surface area contributed by atoms with Gasteiger partial charge in [-0.2, -0.15) is 0 Å². The molecule has 5 heteroatoms. The highest BCUT2D eigenvalue weighted by atomic mass is 16.5. The van der Waals surface area contributed by atoms with Gasteiger partial charge in [-0.1, -0.05) is 19.9 Å². The predicted octanol–water partition coefficient (Wildman–Crippen LogP) is 2.20. The number of carbonyl (C=O) groups excluding carboxylic acids is 1. The summed E-state index contributed by atoms with van der Waals surface area (Å²) in [4.78, 5) is 12.4. The number of rotatable bonds is 8. The Morgan fingerprint density at radius 1 is 1.24 bits per heavy atom. The summed E-state index contributed by atoms with van der Waals surface area (Å²) in [5.74, 6) is 0.823.